The van der Waals surface area contributed by atoms with E-state index in [-0.39, 0.29) is 18.5 Å². The first kappa shape index (κ1) is 17.5. The summed E-state index contributed by atoms with van der Waals surface area (Å²) in [5, 5.41) is 0. The summed E-state index contributed by atoms with van der Waals surface area (Å²) < 4.78 is 11.9. The summed E-state index contributed by atoms with van der Waals surface area (Å²) >= 11 is 1.77. The zero-order chi connectivity index (χ0) is 16.4. The summed E-state index contributed by atoms with van der Waals surface area (Å²) in [5.74, 6) is 3.02. The van der Waals surface area contributed by atoms with Crippen LogP contribution in [0.1, 0.15) is 11.7 Å². The highest BCUT2D eigenvalue weighted by Crippen LogP contribution is 2.42. The van der Waals surface area contributed by atoms with E-state index < -0.39 is 0 Å². The van der Waals surface area contributed by atoms with Crippen LogP contribution in [0.15, 0.2) is 71.8 Å². The van der Waals surface area contributed by atoms with Crippen LogP contribution in [0.5, 0.6) is 17.4 Å². The predicted octanol–water partition coefficient (Wildman–Crippen LogP) is 5.10. The summed E-state index contributed by atoms with van der Waals surface area (Å²) in [4.78, 5) is 5.23. The number of halogens is 1. The Labute approximate surface area is 156 Å². The van der Waals surface area contributed by atoms with Crippen LogP contribution in [0.2, 0.25) is 0 Å². The maximum absolute atomic E-state index is 6.13. The van der Waals surface area contributed by atoms with Gasteiger partial charge < -0.3 is 15.2 Å². The molecule has 6 heteroatoms. The Hall–Kier alpha value is -2.37. The molecule has 4 rings (SSSR count). The Balaban J connectivity index is 0.00000182. The molecule has 0 amide bonds. The minimum absolute atomic E-state index is 0. The largest absolute Gasteiger partial charge is 0.484 e. The molecule has 0 fully saturated rings. The van der Waals surface area contributed by atoms with Gasteiger partial charge >= 0.3 is 0 Å². The van der Waals surface area contributed by atoms with E-state index in [0.717, 1.165) is 22.1 Å². The first-order valence-electron chi connectivity index (χ1n) is 7.66. The molecule has 1 unspecified atom stereocenters. The molecular formula is C19H17ClN2O2S. The molecule has 4 nitrogen and oxygen atoms in total. The lowest BCUT2D eigenvalue weighted by atomic mass is 10.1. The van der Waals surface area contributed by atoms with E-state index in [2.05, 4.69) is 17.1 Å². The fourth-order valence-electron chi connectivity index (χ4n) is 2.52. The first-order chi connectivity index (χ1) is 11.8. The van der Waals surface area contributed by atoms with Crippen LogP contribution >= 0.6 is 24.2 Å². The Kier molecular flexibility index (Phi) is 5.36. The van der Waals surface area contributed by atoms with E-state index in [0.29, 0.717) is 11.6 Å². The molecule has 1 aliphatic heterocycles. The fourth-order valence-corrected chi connectivity index (χ4v) is 3.57. The minimum Gasteiger partial charge on any atom is -0.484 e. The van der Waals surface area contributed by atoms with Gasteiger partial charge in [0.25, 0.3) is 0 Å². The van der Waals surface area contributed by atoms with Gasteiger partial charge in [-0.1, -0.05) is 30.3 Å². The molecule has 0 radical (unpaired) electrons. The van der Waals surface area contributed by atoms with E-state index >= 15 is 0 Å². The van der Waals surface area contributed by atoms with Crippen LogP contribution in [-0.4, -0.2) is 10.7 Å². The Bertz CT molecular complexity index is 844. The van der Waals surface area contributed by atoms with Crippen molar-refractivity contribution in [3.05, 3.63) is 72.4 Å². The Morgan fingerprint density at radius 3 is 2.68 bits per heavy atom. The first-order valence-corrected chi connectivity index (χ1v) is 8.64. The van der Waals surface area contributed by atoms with Gasteiger partial charge in [-0.2, -0.15) is 0 Å². The number of hydrogen-bond donors (Lipinski definition) is 1. The lowest BCUT2D eigenvalue weighted by Crippen LogP contribution is -2.14. The van der Waals surface area contributed by atoms with Gasteiger partial charge in [-0.3, -0.25) is 0 Å². The average Bonchev–Trinajstić information content (AvgIpc) is 2.64. The van der Waals surface area contributed by atoms with Crippen LogP contribution in [-0.2, 0) is 0 Å². The van der Waals surface area contributed by atoms with E-state index in [9.17, 15) is 0 Å². The quantitative estimate of drug-likeness (QED) is 0.692. The third-order valence-corrected chi connectivity index (χ3v) is 4.83. The third kappa shape index (κ3) is 4.00. The second-order valence-electron chi connectivity index (χ2n) is 5.47. The summed E-state index contributed by atoms with van der Waals surface area (Å²) in [5.41, 5.74) is 7.45. The minimum atomic E-state index is 0. The lowest BCUT2D eigenvalue weighted by molar-refractivity contribution is 0.220. The molecule has 2 aromatic carbocycles. The molecule has 128 valence electrons. The van der Waals surface area contributed by atoms with Gasteiger partial charge in [0.05, 0.1) is 16.8 Å². The van der Waals surface area contributed by atoms with Gasteiger partial charge in [0.1, 0.15) is 17.6 Å². The molecule has 1 aliphatic rings. The lowest BCUT2D eigenvalue weighted by Gasteiger charge is -2.26. The normalized spacial score (nSPS) is 15.4. The summed E-state index contributed by atoms with van der Waals surface area (Å²) in [7, 11) is 0. The van der Waals surface area contributed by atoms with Gasteiger partial charge in [-0.25, -0.2) is 4.98 Å². The number of hydrogen-bond acceptors (Lipinski definition) is 5. The SMILES string of the molecule is Cl.Nc1ccc(Oc2ccc3c(c2)SCC(c2ccccc2)O3)nc1. The number of pyridine rings is 1. The number of thioether (sulfide) groups is 1. The van der Waals surface area contributed by atoms with Crippen molar-refractivity contribution in [2.75, 3.05) is 11.5 Å². The maximum atomic E-state index is 6.13. The van der Waals surface area contributed by atoms with Crippen molar-refractivity contribution in [2.45, 2.75) is 11.0 Å². The number of nitrogens with two attached hydrogens (primary N) is 1. The standard InChI is InChI=1S/C19H16N2O2S.ClH/c20-14-6-9-19(21-11-14)22-15-7-8-16-18(10-15)24-12-17(23-16)13-4-2-1-3-5-13;/h1-11,17H,12,20H2;1H. The van der Waals surface area contributed by atoms with Gasteiger partial charge in [0.15, 0.2) is 0 Å². The second-order valence-corrected chi connectivity index (χ2v) is 6.53. The number of fused-ring (bicyclic) bond motifs is 1. The third-order valence-electron chi connectivity index (χ3n) is 3.73. The number of anilines is 1. The van der Waals surface area contributed by atoms with Gasteiger partial charge in [-0.15, -0.1) is 24.2 Å². The van der Waals surface area contributed by atoms with Crippen molar-refractivity contribution in [1.82, 2.24) is 4.98 Å². The molecule has 1 aromatic heterocycles. The topological polar surface area (TPSA) is 57.4 Å². The molecule has 0 saturated heterocycles. The summed E-state index contributed by atoms with van der Waals surface area (Å²) in [6.07, 6.45) is 1.66. The van der Waals surface area contributed by atoms with Crippen molar-refractivity contribution >= 4 is 29.9 Å². The van der Waals surface area contributed by atoms with Crippen LogP contribution in [0.4, 0.5) is 5.69 Å². The van der Waals surface area contributed by atoms with Crippen molar-refractivity contribution in [1.29, 1.82) is 0 Å². The number of ether oxygens (including phenoxy) is 2. The van der Waals surface area contributed by atoms with Gasteiger partial charge in [0.2, 0.25) is 5.88 Å². The number of nitrogens with zero attached hydrogens (tertiary/aromatic N) is 1. The van der Waals surface area contributed by atoms with Crippen LogP contribution < -0.4 is 15.2 Å². The summed E-state index contributed by atoms with van der Waals surface area (Å²) in [6, 6.07) is 19.6. The van der Waals surface area contributed by atoms with Crippen molar-refractivity contribution in [2.24, 2.45) is 0 Å². The van der Waals surface area contributed by atoms with E-state index in [1.807, 2.05) is 36.4 Å². The van der Waals surface area contributed by atoms with Crippen LogP contribution in [0, 0.1) is 0 Å². The van der Waals surface area contributed by atoms with E-state index in [1.165, 1.54) is 5.56 Å². The van der Waals surface area contributed by atoms with Crippen molar-refractivity contribution in [3.63, 3.8) is 0 Å². The van der Waals surface area contributed by atoms with Crippen molar-refractivity contribution < 1.29 is 9.47 Å². The average molecular weight is 373 g/mol. The number of aromatic nitrogens is 1. The zero-order valence-corrected chi connectivity index (χ0v) is 14.9. The van der Waals surface area contributed by atoms with E-state index in [1.54, 1.807) is 30.1 Å². The van der Waals surface area contributed by atoms with Crippen molar-refractivity contribution in [3.8, 4) is 17.4 Å². The number of rotatable bonds is 3. The number of benzene rings is 2. The maximum Gasteiger partial charge on any atom is 0.219 e. The van der Waals surface area contributed by atoms with Crippen LogP contribution in [0.3, 0.4) is 0 Å². The molecule has 0 aliphatic carbocycles. The molecule has 2 heterocycles. The van der Waals surface area contributed by atoms with Crippen LogP contribution in [0.25, 0.3) is 0 Å². The highest BCUT2D eigenvalue weighted by atomic mass is 35.5. The zero-order valence-electron chi connectivity index (χ0n) is 13.3. The Morgan fingerprint density at radius 1 is 1.08 bits per heavy atom. The van der Waals surface area contributed by atoms with E-state index in [4.69, 9.17) is 15.2 Å². The fraction of sp³-hybridized carbons (Fsp3) is 0.105. The molecular weight excluding hydrogens is 356 g/mol. The molecule has 3 aromatic rings. The predicted molar refractivity (Wildman–Crippen MR) is 103 cm³/mol. The highest BCUT2D eigenvalue weighted by molar-refractivity contribution is 7.99. The smallest absolute Gasteiger partial charge is 0.219 e. The second kappa shape index (κ2) is 7.68. The molecule has 2 N–H and O–H groups in total. The van der Waals surface area contributed by atoms with Gasteiger partial charge in [0, 0.05) is 11.8 Å². The molecule has 0 spiro atoms. The summed E-state index contributed by atoms with van der Waals surface area (Å²) in [6.45, 7) is 0. The molecule has 25 heavy (non-hydrogen) atoms. The Morgan fingerprint density at radius 2 is 1.92 bits per heavy atom. The highest BCUT2D eigenvalue weighted by Gasteiger charge is 2.22. The monoisotopic (exact) mass is 372 g/mol. The molecule has 0 bridgehead atoms. The molecule has 0 saturated carbocycles. The molecule has 1 atom stereocenters. The van der Waals surface area contributed by atoms with Gasteiger partial charge in [-0.05, 0) is 29.8 Å². The number of nitrogen functional groups attached to an aromatic ring is 1.